The fourth-order valence-corrected chi connectivity index (χ4v) is 3.48. The summed E-state index contributed by atoms with van der Waals surface area (Å²) in [6, 6.07) is 11.7. The van der Waals surface area contributed by atoms with E-state index in [0.29, 0.717) is 33.2 Å². The summed E-state index contributed by atoms with van der Waals surface area (Å²) in [6.07, 6.45) is -1.01. The fraction of sp³-hybridized carbons (Fsp3) is 0.190. The lowest BCUT2D eigenvalue weighted by molar-refractivity contribution is 0.0540. The van der Waals surface area contributed by atoms with Crippen molar-refractivity contribution < 1.29 is 24.3 Å². The highest BCUT2D eigenvalue weighted by Crippen LogP contribution is 2.31. The van der Waals surface area contributed by atoms with Crippen molar-refractivity contribution in [1.82, 2.24) is 14.7 Å². The van der Waals surface area contributed by atoms with Gasteiger partial charge in [0.2, 0.25) is 0 Å². The molecule has 1 amide bonds. The second kappa shape index (κ2) is 8.87. The van der Waals surface area contributed by atoms with E-state index in [-0.39, 0.29) is 12.4 Å². The molecule has 0 fully saturated rings. The predicted octanol–water partition coefficient (Wildman–Crippen LogP) is 2.16. The molecule has 11 heteroatoms. The van der Waals surface area contributed by atoms with Gasteiger partial charge in [0.15, 0.2) is 5.82 Å². The van der Waals surface area contributed by atoms with Gasteiger partial charge in [0, 0.05) is 23.0 Å². The van der Waals surface area contributed by atoms with Crippen molar-refractivity contribution in [2.45, 2.75) is 6.10 Å². The average Bonchev–Trinajstić information content (AvgIpc) is 3.36. The van der Waals surface area contributed by atoms with Crippen molar-refractivity contribution in [2.24, 2.45) is 7.05 Å². The number of aliphatic hydroxyl groups is 2. The molecule has 4 rings (SSSR count). The second-order valence-corrected chi connectivity index (χ2v) is 7.45. The minimum absolute atomic E-state index is 0.0909. The fourth-order valence-electron chi connectivity index (χ4n) is 3.31. The largest absolute Gasteiger partial charge is 0.489 e. The molecule has 0 saturated carbocycles. The van der Waals surface area contributed by atoms with Crippen LogP contribution in [0.15, 0.2) is 51.8 Å². The molecule has 4 aromatic rings. The van der Waals surface area contributed by atoms with Gasteiger partial charge in [0.1, 0.15) is 24.2 Å². The van der Waals surface area contributed by atoms with Crippen molar-refractivity contribution in [3.63, 3.8) is 0 Å². The van der Waals surface area contributed by atoms with Crippen LogP contribution in [0.3, 0.4) is 0 Å². The Balaban J connectivity index is 1.67. The summed E-state index contributed by atoms with van der Waals surface area (Å²) in [5.74, 6) is -0.559. The van der Waals surface area contributed by atoms with Crippen LogP contribution in [0.1, 0.15) is 10.5 Å². The molecule has 0 unspecified atom stereocenters. The molecule has 2 heterocycles. The van der Waals surface area contributed by atoms with E-state index in [9.17, 15) is 14.7 Å². The van der Waals surface area contributed by atoms with Crippen LogP contribution >= 0.6 is 11.6 Å². The van der Waals surface area contributed by atoms with Crippen molar-refractivity contribution in [2.75, 3.05) is 18.5 Å². The lowest BCUT2D eigenvalue weighted by Crippen LogP contribution is -2.21. The van der Waals surface area contributed by atoms with Gasteiger partial charge >= 0.3 is 5.76 Å². The summed E-state index contributed by atoms with van der Waals surface area (Å²) in [7, 11) is 1.71. The highest BCUT2D eigenvalue weighted by atomic mass is 35.5. The van der Waals surface area contributed by atoms with Crippen LogP contribution in [-0.4, -0.2) is 50.1 Å². The lowest BCUT2D eigenvalue weighted by Gasteiger charge is -2.13. The van der Waals surface area contributed by atoms with Crippen LogP contribution in [0.5, 0.6) is 5.75 Å². The maximum absolute atomic E-state index is 13.1. The Kier molecular flexibility index (Phi) is 5.99. The zero-order chi connectivity index (χ0) is 22.8. The number of amides is 1. The number of aliphatic hydroxyl groups excluding tert-OH is 2. The van der Waals surface area contributed by atoms with Crippen LogP contribution < -0.4 is 15.8 Å². The first-order valence-electron chi connectivity index (χ1n) is 9.55. The van der Waals surface area contributed by atoms with Crippen LogP contribution in [0.2, 0.25) is 5.02 Å². The zero-order valence-corrected chi connectivity index (χ0v) is 17.6. The van der Waals surface area contributed by atoms with Gasteiger partial charge in [-0.25, -0.2) is 4.79 Å². The summed E-state index contributed by atoms with van der Waals surface area (Å²) >= 11 is 6.07. The first kappa shape index (κ1) is 21.6. The van der Waals surface area contributed by atoms with Gasteiger partial charge in [-0.15, -0.1) is 0 Å². The van der Waals surface area contributed by atoms with Crippen LogP contribution in [0, 0.1) is 0 Å². The maximum atomic E-state index is 13.1. The molecule has 166 valence electrons. The van der Waals surface area contributed by atoms with Gasteiger partial charge in [-0.2, -0.15) is 0 Å². The number of ether oxygens (including phenoxy) is 1. The van der Waals surface area contributed by atoms with Crippen molar-refractivity contribution in [3.8, 4) is 17.1 Å². The Labute approximate surface area is 186 Å². The van der Waals surface area contributed by atoms with Gasteiger partial charge in [0.05, 0.1) is 17.8 Å². The smallest absolute Gasteiger partial charge is 0.439 e. The number of H-pyrrole nitrogens is 1. The van der Waals surface area contributed by atoms with Crippen LogP contribution in [0.25, 0.3) is 22.3 Å². The number of para-hydroxylation sites is 1. The minimum atomic E-state index is -1.01. The Hall–Kier alpha value is -3.60. The number of hydrogen-bond acceptors (Lipinski definition) is 7. The lowest BCUT2D eigenvalue weighted by atomic mass is 10.1. The van der Waals surface area contributed by atoms with E-state index in [1.165, 1.54) is 0 Å². The average molecular weight is 459 g/mol. The molecule has 32 heavy (non-hydrogen) atoms. The highest BCUT2D eigenvalue weighted by molar-refractivity contribution is 6.31. The summed E-state index contributed by atoms with van der Waals surface area (Å²) in [5.41, 5.74) is 1.75. The Morgan fingerprint density at radius 2 is 2.16 bits per heavy atom. The van der Waals surface area contributed by atoms with Gasteiger partial charge in [-0.1, -0.05) is 28.9 Å². The number of rotatable bonds is 7. The molecule has 4 N–H and O–H groups in total. The van der Waals surface area contributed by atoms with Gasteiger partial charge in [0.25, 0.3) is 5.91 Å². The molecule has 10 nitrogen and oxygen atoms in total. The summed E-state index contributed by atoms with van der Waals surface area (Å²) in [4.78, 5) is 26.9. The number of halogens is 1. The maximum Gasteiger partial charge on any atom is 0.439 e. The molecule has 1 atom stereocenters. The normalized spacial score (nSPS) is 12.1. The van der Waals surface area contributed by atoms with Crippen molar-refractivity contribution in [1.29, 1.82) is 0 Å². The Morgan fingerprint density at radius 3 is 2.88 bits per heavy atom. The third-order valence-electron chi connectivity index (χ3n) is 4.82. The van der Waals surface area contributed by atoms with Gasteiger partial charge < -0.3 is 24.8 Å². The number of carbonyl (C=O) groups is 1. The van der Waals surface area contributed by atoms with Gasteiger partial charge in [-0.3, -0.25) is 14.3 Å². The SMILES string of the molecule is Cn1c(C(=O)Nc2ccc(Cl)cc2-c2noc(=O)[nH]2)cc2cccc(OC[C@H](O)CO)c21. The van der Waals surface area contributed by atoms with E-state index in [1.54, 1.807) is 48.0 Å². The molecule has 0 bridgehead atoms. The Morgan fingerprint density at radius 1 is 1.34 bits per heavy atom. The molecule has 0 radical (unpaired) electrons. The number of aromatic amines is 1. The number of fused-ring (bicyclic) bond motifs is 1. The van der Waals surface area contributed by atoms with E-state index in [4.69, 9.17) is 21.4 Å². The molecular formula is C21H19ClN4O6. The number of hydrogen-bond donors (Lipinski definition) is 4. The molecule has 0 aliphatic carbocycles. The number of nitrogens with one attached hydrogen (secondary N) is 2. The number of nitrogens with zero attached hydrogens (tertiary/aromatic N) is 2. The third kappa shape index (κ3) is 4.24. The highest BCUT2D eigenvalue weighted by Gasteiger charge is 2.19. The first-order valence-corrected chi connectivity index (χ1v) is 9.92. The quantitative estimate of drug-likeness (QED) is 0.332. The number of aryl methyl sites for hydroxylation is 1. The van der Waals surface area contributed by atoms with E-state index in [2.05, 4.69) is 20.0 Å². The summed E-state index contributed by atoms with van der Waals surface area (Å²) in [5, 5.41) is 26.2. The van der Waals surface area contributed by atoms with E-state index < -0.39 is 24.4 Å². The molecule has 2 aromatic heterocycles. The van der Waals surface area contributed by atoms with E-state index in [0.717, 1.165) is 5.39 Å². The van der Waals surface area contributed by atoms with Crippen molar-refractivity contribution in [3.05, 3.63) is 63.7 Å². The number of anilines is 1. The monoisotopic (exact) mass is 458 g/mol. The number of benzene rings is 2. The summed E-state index contributed by atoms with van der Waals surface area (Å²) < 4.78 is 11.8. The van der Waals surface area contributed by atoms with E-state index in [1.807, 2.05) is 6.07 Å². The minimum Gasteiger partial charge on any atom is -0.489 e. The topological polar surface area (TPSA) is 143 Å². The van der Waals surface area contributed by atoms with Crippen LogP contribution in [0.4, 0.5) is 5.69 Å². The van der Waals surface area contributed by atoms with Gasteiger partial charge in [-0.05, 0) is 30.3 Å². The molecule has 0 saturated heterocycles. The van der Waals surface area contributed by atoms with Crippen molar-refractivity contribution >= 4 is 34.1 Å². The molecule has 0 aliphatic heterocycles. The number of carbonyl (C=O) groups excluding carboxylic acids is 1. The standard InChI is InChI=1S/C21H19ClN4O6/c1-26-16(7-11-3-2-4-17(18(11)26)31-10-13(28)9-27)20(29)23-15-6-5-12(22)8-14(15)19-24-21(30)32-25-19/h2-8,13,27-28H,9-10H2,1H3,(H,23,29)(H,24,25,30)/t13-/m1/s1. The summed E-state index contributed by atoms with van der Waals surface area (Å²) in [6.45, 7) is -0.511. The van der Waals surface area contributed by atoms with E-state index >= 15 is 0 Å². The molecular weight excluding hydrogens is 440 g/mol. The molecule has 2 aromatic carbocycles. The predicted molar refractivity (Wildman–Crippen MR) is 117 cm³/mol. The zero-order valence-electron chi connectivity index (χ0n) is 16.8. The second-order valence-electron chi connectivity index (χ2n) is 7.02. The van der Waals surface area contributed by atoms with Crippen LogP contribution in [-0.2, 0) is 7.05 Å². The molecule has 0 spiro atoms. The first-order chi connectivity index (χ1) is 15.4. The number of aromatic nitrogens is 3. The Bertz CT molecular complexity index is 1340. The third-order valence-corrected chi connectivity index (χ3v) is 5.05. The molecule has 0 aliphatic rings.